The molecule has 1 aromatic carbocycles. The molecule has 0 saturated heterocycles. The fourth-order valence-electron chi connectivity index (χ4n) is 1.68. The van der Waals surface area contributed by atoms with Gasteiger partial charge in [-0.1, -0.05) is 32.0 Å². The van der Waals surface area contributed by atoms with Gasteiger partial charge in [0.05, 0.1) is 11.2 Å². The molecule has 1 heterocycles. The summed E-state index contributed by atoms with van der Waals surface area (Å²) in [6.45, 7) is 4.24. The van der Waals surface area contributed by atoms with Gasteiger partial charge in [-0.3, -0.25) is 0 Å². The molecule has 2 rings (SSSR count). The van der Waals surface area contributed by atoms with Crippen molar-refractivity contribution >= 4 is 10.9 Å². The number of aromatic hydroxyl groups is 1. The Labute approximate surface area is 89.6 Å². The number of pyridine rings is 1. The van der Waals surface area contributed by atoms with Crippen LogP contribution in [0.5, 0.6) is 5.75 Å². The van der Waals surface area contributed by atoms with Crippen molar-refractivity contribution in [3.8, 4) is 5.75 Å². The van der Waals surface area contributed by atoms with Gasteiger partial charge in [-0.05, 0) is 24.5 Å². The van der Waals surface area contributed by atoms with Gasteiger partial charge in [0, 0.05) is 5.39 Å². The molecular weight excluding hydrogens is 186 g/mol. The topological polar surface area (TPSA) is 33.1 Å². The van der Waals surface area contributed by atoms with Crippen molar-refractivity contribution in [2.75, 3.05) is 0 Å². The fourth-order valence-corrected chi connectivity index (χ4v) is 1.68. The second-order valence-corrected chi connectivity index (χ2v) is 4.24. The Morgan fingerprint density at radius 2 is 2.00 bits per heavy atom. The van der Waals surface area contributed by atoms with Gasteiger partial charge in [0.15, 0.2) is 0 Å². The van der Waals surface area contributed by atoms with Gasteiger partial charge >= 0.3 is 0 Å². The van der Waals surface area contributed by atoms with Crippen molar-refractivity contribution in [3.63, 3.8) is 0 Å². The zero-order valence-corrected chi connectivity index (χ0v) is 9.07. The summed E-state index contributed by atoms with van der Waals surface area (Å²) in [5.41, 5.74) is 1.75. The van der Waals surface area contributed by atoms with Crippen LogP contribution in [0.3, 0.4) is 0 Å². The molecule has 0 saturated carbocycles. The smallest absolute Gasteiger partial charge is 0.137 e. The third-order valence-corrected chi connectivity index (χ3v) is 2.38. The zero-order chi connectivity index (χ0) is 10.8. The van der Waals surface area contributed by atoms with E-state index in [0.717, 1.165) is 23.0 Å². The summed E-state index contributed by atoms with van der Waals surface area (Å²) in [6.07, 6.45) is 0.816. The Balaban J connectivity index is 2.52. The molecule has 0 aliphatic heterocycles. The molecule has 0 aliphatic rings. The van der Waals surface area contributed by atoms with E-state index in [4.69, 9.17) is 0 Å². The summed E-state index contributed by atoms with van der Waals surface area (Å²) >= 11 is 0. The van der Waals surface area contributed by atoms with E-state index in [0.29, 0.717) is 11.7 Å². The molecule has 0 unspecified atom stereocenters. The molecule has 0 aliphatic carbocycles. The van der Waals surface area contributed by atoms with Crippen LogP contribution in [0.25, 0.3) is 10.9 Å². The van der Waals surface area contributed by atoms with Crippen LogP contribution in [0, 0.1) is 5.92 Å². The first kappa shape index (κ1) is 9.97. The van der Waals surface area contributed by atoms with Crippen molar-refractivity contribution in [2.45, 2.75) is 20.3 Å². The van der Waals surface area contributed by atoms with E-state index in [1.807, 2.05) is 24.3 Å². The molecule has 1 N–H and O–H groups in total. The molecule has 2 aromatic rings. The molecule has 1 aromatic heterocycles. The molecule has 15 heavy (non-hydrogen) atoms. The largest absolute Gasteiger partial charge is 0.506 e. The Hall–Kier alpha value is -1.57. The first-order valence-electron chi connectivity index (χ1n) is 5.24. The summed E-state index contributed by atoms with van der Waals surface area (Å²) in [6, 6.07) is 9.64. The Kier molecular flexibility index (Phi) is 2.58. The van der Waals surface area contributed by atoms with Gasteiger partial charge in [-0.15, -0.1) is 0 Å². The lowest BCUT2D eigenvalue weighted by Gasteiger charge is -2.07. The van der Waals surface area contributed by atoms with Gasteiger partial charge in [-0.2, -0.15) is 0 Å². The number of rotatable bonds is 2. The number of benzene rings is 1. The lowest BCUT2D eigenvalue weighted by molar-refractivity contribution is 0.459. The molecule has 78 valence electrons. The quantitative estimate of drug-likeness (QED) is 0.809. The maximum atomic E-state index is 9.79. The van der Waals surface area contributed by atoms with Crippen LogP contribution in [0.15, 0.2) is 30.3 Å². The predicted molar refractivity (Wildman–Crippen MR) is 61.9 cm³/mol. The highest BCUT2D eigenvalue weighted by molar-refractivity contribution is 5.80. The highest BCUT2D eigenvalue weighted by atomic mass is 16.3. The molecule has 0 radical (unpaired) electrons. The average Bonchev–Trinajstić information content (AvgIpc) is 2.18. The van der Waals surface area contributed by atoms with Crippen LogP contribution >= 0.6 is 0 Å². The Bertz CT molecular complexity index is 477. The van der Waals surface area contributed by atoms with E-state index >= 15 is 0 Å². The zero-order valence-electron chi connectivity index (χ0n) is 9.07. The van der Waals surface area contributed by atoms with Crippen LogP contribution in [0.4, 0.5) is 0 Å². The van der Waals surface area contributed by atoms with E-state index in [1.54, 1.807) is 6.07 Å². The SMILES string of the molecule is CC(C)Cc1nc2ccccc2cc1O. The van der Waals surface area contributed by atoms with E-state index in [2.05, 4.69) is 18.8 Å². The number of fused-ring (bicyclic) bond motifs is 1. The summed E-state index contributed by atoms with van der Waals surface area (Å²) in [4.78, 5) is 4.46. The van der Waals surface area contributed by atoms with E-state index in [1.165, 1.54) is 0 Å². The van der Waals surface area contributed by atoms with Crippen LogP contribution in [-0.4, -0.2) is 10.1 Å². The highest BCUT2D eigenvalue weighted by Gasteiger charge is 2.07. The van der Waals surface area contributed by atoms with Crippen LogP contribution < -0.4 is 0 Å². The van der Waals surface area contributed by atoms with Gasteiger partial charge in [-0.25, -0.2) is 4.98 Å². The second-order valence-electron chi connectivity index (χ2n) is 4.24. The third kappa shape index (κ3) is 2.09. The van der Waals surface area contributed by atoms with Crippen LogP contribution in [-0.2, 0) is 6.42 Å². The number of para-hydroxylation sites is 1. The van der Waals surface area contributed by atoms with Gasteiger partial charge in [0.2, 0.25) is 0 Å². The van der Waals surface area contributed by atoms with Crippen molar-refractivity contribution < 1.29 is 5.11 Å². The molecule has 0 amide bonds. The summed E-state index contributed by atoms with van der Waals surface area (Å²) in [7, 11) is 0. The minimum Gasteiger partial charge on any atom is -0.506 e. The van der Waals surface area contributed by atoms with Crippen molar-refractivity contribution in [3.05, 3.63) is 36.0 Å². The number of aromatic nitrogens is 1. The summed E-state index contributed by atoms with van der Waals surface area (Å²) in [5, 5.41) is 10.8. The van der Waals surface area contributed by atoms with Gasteiger partial charge < -0.3 is 5.11 Å². The lowest BCUT2D eigenvalue weighted by atomic mass is 10.1. The van der Waals surface area contributed by atoms with Gasteiger partial charge in [0.25, 0.3) is 0 Å². The first-order valence-corrected chi connectivity index (χ1v) is 5.24. The highest BCUT2D eigenvalue weighted by Crippen LogP contribution is 2.23. The minimum atomic E-state index is 0.308. The number of nitrogens with zero attached hydrogens (tertiary/aromatic N) is 1. The number of hydrogen-bond donors (Lipinski definition) is 1. The van der Waals surface area contributed by atoms with E-state index in [-0.39, 0.29) is 0 Å². The predicted octanol–water partition coefficient (Wildman–Crippen LogP) is 3.14. The molecule has 2 heteroatoms. The van der Waals surface area contributed by atoms with Crippen LogP contribution in [0.2, 0.25) is 0 Å². The monoisotopic (exact) mass is 201 g/mol. The Morgan fingerprint density at radius 3 is 2.73 bits per heavy atom. The van der Waals surface area contributed by atoms with Crippen molar-refractivity contribution in [1.29, 1.82) is 0 Å². The average molecular weight is 201 g/mol. The van der Waals surface area contributed by atoms with Gasteiger partial charge in [0.1, 0.15) is 5.75 Å². The minimum absolute atomic E-state index is 0.308. The third-order valence-electron chi connectivity index (χ3n) is 2.38. The van der Waals surface area contributed by atoms with Crippen molar-refractivity contribution in [2.24, 2.45) is 5.92 Å². The molecule has 0 bridgehead atoms. The molecular formula is C13H15NO. The number of hydrogen-bond acceptors (Lipinski definition) is 2. The molecule has 0 fully saturated rings. The van der Waals surface area contributed by atoms with Crippen molar-refractivity contribution in [1.82, 2.24) is 4.98 Å². The lowest BCUT2D eigenvalue weighted by Crippen LogP contribution is -1.98. The maximum Gasteiger partial charge on any atom is 0.137 e. The van der Waals surface area contributed by atoms with E-state index in [9.17, 15) is 5.11 Å². The molecule has 0 atom stereocenters. The second kappa shape index (κ2) is 3.89. The molecule has 0 spiro atoms. The Morgan fingerprint density at radius 1 is 1.27 bits per heavy atom. The molecule has 2 nitrogen and oxygen atoms in total. The van der Waals surface area contributed by atoms with E-state index < -0.39 is 0 Å². The maximum absolute atomic E-state index is 9.79. The normalized spacial score (nSPS) is 11.1. The first-order chi connectivity index (χ1) is 7.16. The standard InChI is InChI=1S/C13H15NO/c1-9(2)7-12-13(15)8-10-5-3-4-6-11(10)14-12/h3-6,8-9,15H,7H2,1-2H3. The van der Waals surface area contributed by atoms with Crippen LogP contribution in [0.1, 0.15) is 19.5 Å². The fraction of sp³-hybridized carbons (Fsp3) is 0.308. The summed E-state index contributed by atoms with van der Waals surface area (Å²) in [5.74, 6) is 0.812. The summed E-state index contributed by atoms with van der Waals surface area (Å²) < 4.78 is 0.